The normalized spacial score (nSPS) is 13.8. The fraction of sp³-hybridized carbons (Fsp3) is 0.125. The van der Waals surface area contributed by atoms with Crippen molar-refractivity contribution in [3.05, 3.63) is 65.2 Å². The Morgan fingerprint density at radius 1 is 0.900 bits per heavy atom. The van der Waals surface area contributed by atoms with Crippen molar-refractivity contribution in [3.63, 3.8) is 0 Å². The van der Waals surface area contributed by atoms with Crippen LogP contribution in [0.3, 0.4) is 0 Å². The molecule has 0 fully saturated rings. The number of benzene rings is 2. The Labute approximate surface area is 117 Å². The van der Waals surface area contributed by atoms with E-state index < -0.39 is 0 Å². The van der Waals surface area contributed by atoms with E-state index in [0.29, 0.717) is 16.8 Å². The van der Waals surface area contributed by atoms with Crippen molar-refractivity contribution in [1.29, 1.82) is 0 Å². The molecule has 3 rings (SSSR count). The molecule has 1 heterocycles. The van der Waals surface area contributed by atoms with Gasteiger partial charge in [0, 0.05) is 6.54 Å². The van der Waals surface area contributed by atoms with Crippen LogP contribution in [0, 0.1) is 0 Å². The molecule has 100 valence electrons. The Kier molecular flexibility index (Phi) is 3.08. The van der Waals surface area contributed by atoms with Gasteiger partial charge in [-0.25, -0.2) is 4.90 Å². The molecule has 1 aliphatic heterocycles. The van der Waals surface area contributed by atoms with Crippen LogP contribution in [0.25, 0.3) is 0 Å². The standard InChI is InChI=1S/C16H14N2O2/c1-17-10-11-6-8-12(9-7-11)18-15(19)13-4-2-3-5-14(13)16(18)20/h2-9,17H,10H2,1H3. The first-order valence-electron chi connectivity index (χ1n) is 6.43. The van der Waals surface area contributed by atoms with E-state index in [0.717, 1.165) is 12.1 Å². The van der Waals surface area contributed by atoms with Gasteiger partial charge in [-0.1, -0.05) is 24.3 Å². The minimum atomic E-state index is -0.257. The number of anilines is 1. The predicted octanol–water partition coefficient (Wildman–Crippen LogP) is 2.21. The van der Waals surface area contributed by atoms with Gasteiger partial charge in [0.15, 0.2) is 0 Å². The third kappa shape index (κ3) is 1.90. The zero-order valence-electron chi connectivity index (χ0n) is 11.1. The molecule has 0 atom stereocenters. The van der Waals surface area contributed by atoms with E-state index in [-0.39, 0.29) is 11.8 Å². The number of hydrogen-bond donors (Lipinski definition) is 1. The average molecular weight is 266 g/mol. The fourth-order valence-corrected chi connectivity index (χ4v) is 2.39. The summed E-state index contributed by atoms with van der Waals surface area (Å²) in [6.45, 7) is 0.752. The lowest BCUT2D eigenvalue weighted by molar-refractivity contribution is 0.0926. The third-order valence-electron chi connectivity index (χ3n) is 3.37. The summed E-state index contributed by atoms with van der Waals surface area (Å²) in [6, 6.07) is 14.3. The molecule has 2 amide bonds. The highest BCUT2D eigenvalue weighted by atomic mass is 16.2. The molecule has 2 aromatic rings. The quantitative estimate of drug-likeness (QED) is 0.866. The van der Waals surface area contributed by atoms with Crippen molar-refractivity contribution in [2.75, 3.05) is 11.9 Å². The van der Waals surface area contributed by atoms with E-state index in [2.05, 4.69) is 5.32 Å². The molecule has 1 aliphatic rings. The SMILES string of the molecule is CNCc1ccc(N2C(=O)c3ccccc3C2=O)cc1. The molecule has 20 heavy (non-hydrogen) atoms. The smallest absolute Gasteiger partial charge is 0.266 e. The summed E-state index contributed by atoms with van der Waals surface area (Å²) in [5.74, 6) is -0.515. The van der Waals surface area contributed by atoms with Gasteiger partial charge in [0.1, 0.15) is 0 Å². The number of carbonyl (C=O) groups excluding carboxylic acids is 2. The average Bonchev–Trinajstić information content (AvgIpc) is 2.73. The highest BCUT2D eigenvalue weighted by Crippen LogP contribution is 2.28. The number of imide groups is 1. The zero-order valence-corrected chi connectivity index (χ0v) is 11.1. The van der Waals surface area contributed by atoms with Gasteiger partial charge in [0.2, 0.25) is 0 Å². The number of rotatable bonds is 3. The molecule has 0 bridgehead atoms. The van der Waals surface area contributed by atoms with Crippen LogP contribution in [0.5, 0.6) is 0 Å². The van der Waals surface area contributed by atoms with E-state index in [1.807, 2.05) is 19.2 Å². The predicted molar refractivity (Wildman–Crippen MR) is 76.8 cm³/mol. The first-order chi connectivity index (χ1) is 9.72. The van der Waals surface area contributed by atoms with Crippen LogP contribution in [0.1, 0.15) is 26.3 Å². The maximum absolute atomic E-state index is 12.3. The summed E-state index contributed by atoms with van der Waals surface area (Å²) < 4.78 is 0. The summed E-state index contributed by atoms with van der Waals surface area (Å²) >= 11 is 0. The van der Waals surface area contributed by atoms with Crippen molar-refractivity contribution < 1.29 is 9.59 Å². The molecule has 0 aliphatic carbocycles. The first kappa shape index (κ1) is 12.6. The van der Waals surface area contributed by atoms with Gasteiger partial charge in [-0.2, -0.15) is 0 Å². The summed E-state index contributed by atoms with van der Waals surface area (Å²) in [5, 5.41) is 3.06. The van der Waals surface area contributed by atoms with Crippen LogP contribution in [-0.2, 0) is 6.54 Å². The maximum Gasteiger partial charge on any atom is 0.266 e. The Morgan fingerprint density at radius 3 is 1.95 bits per heavy atom. The molecule has 1 N–H and O–H groups in total. The van der Waals surface area contributed by atoms with Crippen molar-refractivity contribution in [1.82, 2.24) is 5.32 Å². The minimum absolute atomic E-state index is 0.257. The number of amides is 2. The summed E-state index contributed by atoms with van der Waals surface area (Å²) in [4.78, 5) is 25.9. The Morgan fingerprint density at radius 2 is 1.45 bits per heavy atom. The lowest BCUT2D eigenvalue weighted by Crippen LogP contribution is -2.29. The molecule has 4 heteroatoms. The van der Waals surface area contributed by atoms with Crippen molar-refractivity contribution >= 4 is 17.5 Å². The van der Waals surface area contributed by atoms with Crippen LogP contribution in [0.2, 0.25) is 0 Å². The van der Waals surface area contributed by atoms with Gasteiger partial charge in [0.05, 0.1) is 16.8 Å². The van der Waals surface area contributed by atoms with E-state index in [4.69, 9.17) is 0 Å². The van der Waals surface area contributed by atoms with Crippen molar-refractivity contribution in [3.8, 4) is 0 Å². The molecule has 0 radical (unpaired) electrons. The second kappa shape index (κ2) is 4.90. The van der Waals surface area contributed by atoms with E-state index in [1.165, 1.54) is 4.90 Å². The molecule has 0 saturated carbocycles. The monoisotopic (exact) mass is 266 g/mol. The topological polar surface area (TPSA) is 49.4 Å². The minimum Gasteiger partial charge on any atom is -0.316 e. The van der Waals surface area contributed by atoms with Crippen molar-refractivity contribution in [2.45, 2.75) is 6.54 Å². The molecule has 2 aromatic carbocycles. The number of carbonyl (C=O) groups is 2. The van der Waals surface area contributed by atoms with Crippen LogP contribution in [0.4, 0.5) is 5.69 Å². The number of nitrogens with one attached hydrogen (secondary N) is 1. The fourth-order valence-electron chi connectivity index (χ4n) is 2.39. The van der Waals surface area contributed by atoms with Gasteiger partial charge in [-0.15, -0.1) is 0 Å². The van der Waals surface area contributed by atoms with Gasteiger partial charge in [0.25, 0.3) is 11.8 Å². The number of hydrogen-bond acceptors (Lipinski definition) is 3. The molecule has 0 spiro atoms. The largest absolute Gasteiger partial charge is 0.316 e. The van der Waals surface area contributed by atoms with Gasteiger partial charge < -0.3 is 5.32 Å². The Balaban J connectivity index is 1.96. The second-order valence-corrected chi connectivity index (χ2v) is 4.69. The Bertz CT molecular complexity index is 642. The van der Waals surface area contributed by atoms with Crippen molar-refractivity contribution in [2.24, 2.45) is 0 Å². The highest BCUT2D eigenvalue weighted by molar-refractivity contribution is 6.34. The Hall–Kier alpha value is -2.46. The molecule has 0 aromatic heterocycles. The van der Waals surface area contributed by atoms with Crippen LogP contribution in [-0.4, -0.2) is 18.9 Å². The van der Waals surface area contributed by atoms with Gasteiger partial charge >= 0.3 is 0 Å². The third-order valence-corrected chi connectivity index (χ3v) is 3.37. The molecular weight excluding hydrogens is 252 g/mol. The van der Waals surface area contributed by atoms with Crippen LogP contribution >= 0.6 is 0 Å². The first-order valence-corrected chi connectivity index (χ1v) is 6.43. The van der Waals surface area contributed by atoms with Gasteiger partial charge in [-0.3, -0.25) is 9.59 Å². The maximum atomic E-state index is 12.3. The lowest BCUT2D eigenvalue weighted by atomic mass is 10.1. The van der Waals surface area contributed by atoms with Crippen LogP contribution in [0.15, 0.2) is 48.5 Å². The zero-order chi connectivity index (χ0) is 14.1. The molecular formula is C16H14N2O2. The summed E-state index contributed by atoms with van der Waals surface area (Å²) in [7, 11) is 1.87. The second-order valence-electron chi connectivity index (χ2n) is 4.69. The van der Waals surface area contributed by atoms with Crippen LogP contribution < -0.4 is 10.2 Å². The summed E-state index contributed by atoms with van der Waals surface area (Å²) in [5.41, 5.74) is 2.65. The summed E-state index contributed by atoms with van der Waals surface area (Å²) in [6.07, 6.45) is 0. The van der Waals surface area contributed by atoms with Gasteiger partial charge in [-0.05, 0) is 36.9 Å². The lowest BCUT2D eigenvalue weighted by Gasteiger charge is -2.14. The number of fused-ring (bicyclic) bond motifs is 1. The molecule has 0 unspecified atom stereocenters. The number of nitrogens with zero attached hydrogens (tertiary/aromatic N) is 1. The highest BCUT2D eigenvalue weighted by Gasteiger charge is 2.36. The van der Waals surface area contributed by atoms with E-state index in [1.54, 1.807) is 36.4 Å². The molecule has 0 saturated heterocycles. The van der Waals surface area contributed by atoms with E-state index >= 15 is 0 Å². The van der Waals surface area contributed by atoms with E-state index in [9.17, 15) is 9.59 Å². The molecule has 4 nitrogen and oxygen atoms in total.